The smallest absolute Gasteiger partial charge is 0.0547 e. The number of rotatable bonds is 9. The predicted molar refractivity (Wildman–Crippen MR) is 280 cm³/mol. The van der Waals surface area contributed by atoms with Gasteiger partial charge in [-0.2, -0.15) is 0 Å². The molecule has 0 unspecified atom stereocenters. The average Bonchev–Trinajstić information content (AvgIpc) is 3.74. The van der Waals surface area contributed by atoms with Gasteiger partial charge in [-0.05, 0) is 133 Å². The molecule has 0 amide bonds. The highest BCUT2D eigenvalue weighted by Crippen LogP contribution is 2.42. The predicted octanol–water partition coefficient (Wildman–Crippen LogP) is 17.7. The number of hydrogen-bond acceptors (Lipinski definition) is 1. The third-order valence-corrected chi connectivity index (χ3v) is 13.0. The molecule has 0 N–H and O–H groups in total. The minimum Gasteiger partial charge on any atom is -0.310 e. The number of benzene rings is 11. The molecule has 0 bridgehead atoms. The van der Waals surface area contributed by atoms with E-state index in [2.05, 4.69) is 276 Å². The molecule has 0 radical (unpaired) electrons. The number of hydrogen-bond donors (Lipinski definition) is 0. The van der Waals surface area contributed by atoms with Gasteiger partial charge in [0, 0.05) is 33.5 Å². The van der Waals surface area contributed by atoms with Crippen LogP contribution in [-0.4, -0.2) is 4.57 Å². The van der Waals surface area contributed by atoms with Crippen LogP contribution in [0.25, 0.3) is 93.9 Å². The Hall–Kier alpha value is -8.72. The van der Waals surface area contributed by atoms with Crippen LogP contribution < -0.4 is 4.90 Å². The monoisotopic (exact) mass is 840 g/mol. The Labute approximate surface area is 385 Å². The first-order chi connectivity index (χ1) is 32.7. The van der Waals surface area contributed by atoms with Gasteiger partial charge < -0.3 is 9.47 Å². The zero-order valence-corrected chi connectivity index (χ0v) is 36.3. The minimum atomic E-state index is 1.09. The van der Waals surface area contributed by atoms with Crippen LogP contribution in [0.2, 0.25) is 0 Å². The Kier molecular flexibility index (Phi) is 9.89. The summed E-state index contributed by atoms with van der Waals surface area (Å²) < 4.78 is 2.39. The van der Waals surface area contributed by atoms with Crippen LogP contribution in [0.3, 0.4) is 0 Å². The van der Waals surface area contributed by atoms with E-state index in [0.29, 0.717) is 0 Å². The molecular weight excluding hydrogens is 797 g/mol. The molecule has 1 aromatic heterocycles. The molecule has 0 saturated heterocycles. The van der Waals surface area contributed by atoms with Gasteiger partial charge in [0.2, 0.25) is 0 Å². The Balaban J connectivity index is 0.914. The summed E-state index contributed by atoms with van der Waals surface area (Å²) in [5, 5.41) is 5.03. The quantitative estimate of drug-likeness (QED) is 0.141. The molecule has 12 rings (SSSR count). The van der Waals surface area contributed by atoms with Crippen molar-refractivity contribution in [2.45, 2.75) is 0 Å². The van der Waals surface area contributed by atoms with Crippen molar-refractivity contribution < 1.29 is 0 Å². The van der Waals surface area contributed by atoms with Crippen LogP contribution in [-0.2, 0) is 0 Å². The summed E-state index contributed by atoms with van der Waals surface area (Å²) >= 11 is 0. The Morgan fingerprint density at radius 3 is 1.45 bits per heavy atom. The second kappa shape index (κ2) is 16.8. The number of fused-ring (bicyclic) bond motifs is 4. The topological polar surface area (TPSA) is 8.17 Å². The van der Waals surface area contributed by atoms with Gasteiger partial charge >= 0.3 is 0 Å². The highest BCUT2D eigenvalue weighted by Gasteiger charge is 2.18. The fourth-order valence-corrected chi connectivity index (χ4v) is 9.81. The Morgan fingerprint density at radius 2 is 0.727 bits per heavy atom. The lowest BCUT2D eigenvalue weighted by Crippen LogP contribution is -2.10. The lowest BCUT2D eigenvalue weighted by Gasteiger charge is -2.26. The van der Waals surface area contributed by atoms with Crippen LogP contribution >= 0.6 is 0 Å². The minimum absolute atomic E-state index is 1.09. The van der Waals surface area contributed by atoms with E-state index in [-0.39, 0.29) is 0 Å². The summed E-state index contributed by atoms with van der Waals surface area (Å²) in [4.78, 5) is 2.37. The number of para-hydroxylation sites is 2. The second-order valence-electron chi connectivity index (χ2n) is 16.9. The molecule has 12 aromatic rings. The van der Waals surface area contributed by atoms with Gasteiger partial charge in [0.15, 0.2) is 0 Å². The van der Waals surface area contributed by atoms with E-state index in [9.17, 15) is 0 Å². The van der Waals surface area contributed by atoms with E-state index in [0.717, 1.165) is 28.3 Å². The lowest BCUT2D eigenvalue weighted by atomic mass is 9.95. The number of aromatic nitrogens is 1. The molecule has 2 heteroatoms. The van der Waals surface area contributed by atoms with Gasteiger partial charge in [0.05, 0.1) is 11.0 Å². The molecule has 0 saturated carbocycles. The standard InChI is InChI=1S/C64H44N2/c1-3-15-45(16-4-1)47-35-39-55(40-36-47)65(56-41-37-48(38-42-56)46-31-33-50(34-32-46)59-27-13-18-49-17-7-8-25-58(49)59)57-24-12-20-52(44-57)51-19-11-21-53(43-51)60-28-14-30-63-64(60)61-26-9-10-29-62(61)66(63)54-22-5-2-6-23-54/h1-44H. The highest BCUT2D eigenvalue weighted by molar-refractivity contribution is 6.16. The molecule has 11 aromatic carbocycles. The molecule has 66 heavy (non-hydrogen) atoms. The van der Waals surface area contributed by atoms with Crippen LogP contribution in [0.15, 0.2) is 267 Å². The molecule has 1 heterocycles. The average molecular weight is 841 g/mol. The van der Waals surface area contributed by atoms with Crippen LogP contribution in [0.5, 0.6) is 0 Å². The summed E-state index contributed by atoms with van der Waals surface area (Å²) in [5.74, 6) is 0. The van der Waals surface area contributed by atoms with E-state index >= 15 is 0 Å². The summed E-state index contributed by atoms with van der Waals surface area (Å²) in [6, 6.07) is 96.8. The maximum atomic E-state index is 2.39. The first kappa shape index (κ1) is 38.9. The van der Waals surface area contributed by atoms with Gasteiger partial charge in [-0.15, -0.1) is 0 Å². The van der Waals surface area contributed by atoms with Gasteiger partial charge in [0.25, 0.3) is 0 Å². The molecule has 0 spiro atoms. The van der Waals surface area contributed by atoms with E-state index in [1.165, 1.54) is 82.6 Å². The Bertz CT molecular complexity index is 3660. The van der Waals surface area contributed by atoms with Crippen molar-refractivity contribution >= 4 is 49.6 Å². The molecule has 2 nitrogen and oxygen atoms in total. The van der Waals surface area contributed by atoms with E-state index < -0.39 is 0 Å². The fourth-order valence-electron chi connectivity index (χ4n) is 9.81. The van der Waals surface area contributed by atoms with E-state index in [1.54, 1.807) is 0 Å². The van der Waals surface area contributed by atoms with Crippen molar-refractivity contribution in [2.75, 3.05) is 4.90 Å². The van der Waals surface area contributed by atoms with E-state index in [1.807, 2.05) is 0 Å². The SMILES string of the molecule is c1ccc(-c2ccc(N(c3ccc(-c4ccc(-c5cccc6ccccc56)cc4)cc3)c3cccc(-c4cccc(-c5cccc6c5c5ccccc5n6-c5ccccc5)c4)c3)cc2)cc1. The van der Waals surface area contributed by atoms with Gasteiger partial charge in [-0.3, -0.25) is 0 Å². The zero-order valence-electron chi connectivity index (χ0n) is 36.3. The third kappa shape index (κ3) is 7.12. The van der Waals surface area contributed by atoms with Crippen molar-refractivity contribution in [1.29, 1.82) is 0 Å². The van der Waals surface area contributed by atoms with E-state index in [4.69, 9.17) is 0 Å². The first-order valence-electron chi connectivity index (χ1n) is 22.7. The molecule has 0 aliphatic rings. The van der Waals surface area contributed by atoms with Crippen molar-refractivity contribution in [1.82, 2.24) is 4.57 Å². The maximum Gasteiger partial charge on any atom is 0.0547 e. The maximum absolute atomic E-state index is 2.39. The second-order valence-corrected chi connectivity index (χ2v) is 16.9. The zero-order chi connectivity index (χ0) is 43.8. The molecular formula is C64H44N2. The van der Waals surface area contributed by atoms with Crippen molar-refractivity contribution in [3.63, 3.8) is 0 Å². The largest absolute Gasteiger partial charge is 0.310 e. The summed E-state index contributed by atoms with van der Waals surface area (Å²) in [5.41, 5.74) is 18.8. The Morgan fingerprint density at radius 1 is 0.258 bits per heavy atom. The van der Waals surface area contributed by atoms with Gasteiger partial charge in [-0.1, -0.05) is 200 Å². The van der Waals surface area contributed by atoms with Gasteiger partial charge in [-0.25, -0.2) is 0 Å². The highest BCUT2D eigenvalue weighted by atomic mass is 15.1. The van der Waals surface area contributed by atoms with Crippen molar-refractivity contribution in [2.24, 2.45) is 0 Å². The van der Waals surface area contributed by atoms with Crippen LogP contribution in [0.4, 0.5) is 17.1 Å². The lowest BCUT2D eigenvalue weighted by molar-refractivity contribution is 1.18. The normalized spacial score (nSPS) is 11.3. The summed E-state index contributed by atoms with van der Waals surface area (Å²) in [7, 11) is 0. The first-order valence-corrected chi connectivity index (χ1v) is 22.7. The fraction of sp³-hybridized carbons (Fsp3) is 0. The molecule has 0 fully saturated rings. The molecule has 0 aliphatic heterocycles. The van der Waals surface area contributed by atoms with Crippen molar-refractivity contribution in [3.05, 3.63) is 267 Å². The summed E-state index contributed by atoms with van der Waals surface area (Å²) in [6.07, 6.45) is 0. The molecule has 0 aliphatic carbocycles. The van der Waals surface area contributed by atoms with Crippen molar-refractivity contribution in [3.8, 4) is 61.3 Å². The van der Waals surface area contributed by atoms with Crippen LogP contribution in [0.1, 0.15) is 0 Å². The molecule has 0 atom stereocenters. The number of nitrogens with zero attached hydrogens (tertiary/aromatic N) is 2. The molecule has 310 valence electrons. The van der Waals surface area contributed by atoms with Crippen LogP contribution in [0, 0.1) is 0 Å². The summed E-state index contributed by atoms with van der Waals surface area (Å²) in [6.45, 7) is 0. The van der Waals surface area contributed by atoms with Gasteiger partial charge in [0.1, 0.15) is 0 Å². The third-order valence-electron chi connectivity index (χ3n) is 13.0. The number of anilines is 3.